The lowest BCUT2D eigenvalue weighted by molar-refractivity contribution is -0.124. The summed E-state index contributed by atoms with van der Waals surface area (Å²) in [5.41, 5.74) is 0. The fraction of sp³-hybridized carbons (Fsp3) is 0.920. The lowest BCUT2D eigenvalue weighted by atomic mass is 9.69. The minimum Gasteiger partial charge on any atom is -0.380 e. The minimum absolute atomic E-state index is 0.0137. The molecule has 3 rings (SSSR count). The lowest BCUT2D eigenvalue weighted by Crippen LogP contribution is -2.66. The van der Waals surface area contributed by atoms with Gasteiger partial charge in [0.15, 0.2) is 0 Å². The molecule has 0 bridgehead atoms. The zero-order valence-electron chi connectivity index (χ0n) is 21.3. The van der Waals surface area contributed by atoms with Crippen LogP contribution in [0.15, 0.2) is 0 Å². The Balaban J connectivity index is 1.68. The molecule has 1 heterocycles. The van der Waals surface area contributed by atoms with Gasteiger partial charge in [0, 0.05) is 44.8 Å². The van der Waals surface area contributed by atoms with E-state index in [0.717, 1.165) is 45.1 Å². The quantitative estimate of drug-likeness (QED) is 0.396. The molecule has 1 amide bonds. The van der Waals surface area contributed by atoms with Crippen molar-refractivity contribution in [2.24, 2.45) is 11.8 Å². The number of hydrogen-bond acceptors (Lipinski definition) is 7. The van der Waals surface area contributed by atoms with Crippen LogP contribution in [0, 0.1) is 23.2 Å². The summed E-state index contributed by atoms with van der Waals surface area (Å²) in [6.45, 7) is 4.19. The van der Waals surface area contributed by atoms with Crippen molar-refractivity contribution in [2.75, 3.05) is 40.9 Å². The summed E-state index contributed by atoms with van der Waals surface area (Å²) in [5, 5.41) is 20.6. The number of nitrogens with zero attached hydrogens (tertiary/aromatic N) is 2. The van der Waals surface area contributed by atoms with Crippen LogP contribution in [0.25, 0.3) is 0 Å². The van der Waals surface area contributed by atoms with Crippen molar-refractivity contribution >= 4 is 17.5 Å². The summed E-state index contributed by atoms with van der Waals surface area (Å²) in [6, 6.07) is 3.10. The van der Waals surface area contributed by atoms with Gasteiger partial charge < -0.3 is 30.3 Å². The highest BCUT2D eigenvalue weighted by molar-refractivity contribution is 6.21. The van der Waals surface area contributed by atoms with E-state index in [1.807, 2.05) is 21.0 Å². The van der Waals surface area contributed by atoms with Gasteiger partial charge in [0.05, 0.1) is 35.6 Å². The number of nitrogens with one attached hydrogen (secondary N) is 3. The van der Waals surface area contributed by atoms with Crippen molar-refractivity contribution in [3.63, 3.8) is 0 Å². The molecule has 0 aromatic heterocycles. The Kier molecular flexibility index (Phi) is 10.9. The molecule has 2 saturated carbocycles. The lowest BCUT2D eigenvalue weighted by Gasteiger charge is -2.50. The van der Waals surface area contributed by atoms with Gasteiger partial charge in [-0.05, 0) is 72.0 Å². The monoisotopic (exact) mass is 497 g/mol. The van der Waals surface area contributed by atoms with Crippen LogP contribution in [-0.4, -0.2) is 93.5 Å². The van der Waals surface area contributed by atoms with Crippen LogP contribution in [0.3, 0.4) is 0 Å². The Bertz CT molecular complexity index is 690. The fourth-order valence-corrected chi connectivity index (χ4v) is 6.51. The molecule has 9 unspecified atom stereocenters. The summed E-state index contributed by atoms with van der Waals surface area (Å²) in [4.78, 5) is 14.8. The van der Waals surface area contributed by atoms with E-state index in [2.05, 4.69) is 26.9 Å². The first kappa shape index (κ1) is 27.6. The summed E-state index contributed by atoms with van der Waals surface area (Å²) < 4.78 is 11.6. The topological polar surface area (TPSA) is 98.6 Å². The average Bonchev–Trinajstić information content (AvgIpc) is 2.80. The molecule has 0 radical (unpaired) electrons. The second-order valence-electron chi connectivity index (χ2n) is 10.5. The van der Waals surface area contributed by atoms with Gasteiger partial charge in [-0.1, -0.05) is 0 Å². The number of amides is 1. The number of halogens is 1. The van der Waals surface area contributed by atoms with Crippen molar-refractivity contribution in [1.29, 1.82) is 5.26 Å². The molecule has 0 aromatic carbocycles. The van der Waals surface area contributed by atoms with E-state index in [9.17, 15) is 10.1 Å². The minimum atomic E-state index is -0.115. The van der Waals surface area contributed by atoms with E-state index >= 15 is 0 Å². The highest BCUT2D eigenvalue weighted by Gasteiger charge is 2.47. The second kappa shape index (κ2) is 13.4. The van der Waals surface area contributed by atoms with Crippen LogP contribution < -0.4 is 16.0 Å². The molecular formula is C25H44ClN5O3. The summed E-state index contributed by atoms with van der Waals surface area (Å²) in [6.07, 6.45) is 5.84. The van der Waals surface area contributed by atoms with E-state index in [-0.39, 0.29) is 59.5 Å². The predicted octanol–water partition coefficient (Wildman–Crippen LogP) is 1.87. The first-order valence-corrected chi connectivity index (χ1v) is 13.4. The maximum absolute atomic E-state index is 12.7. The van der Waals surface area contributed by atoms with Gasteiger partial charge >= 0.3 is 0 Å². The zero-order chi connectivity index (χ0) is 24.7. The number of ether oxygens (including phenoxy) is 2. The average molecular weight is 498 g/mol. The van der Waals surface area contributed by atoms with Gasteiger partial charge in [0.1, 0.15) is 0 Å². The van der Waals surface area contributed by atoms with Crippen molar-refractivity contribution < 1.29 is 14.3 Å². The Morgan fingerprint density at radius 3 is 2.68 bits per heavy atom. The molecule has 9 heteroatoms. The molecule has 0 aromatic rings. The third-order valence-electron chi connectivity index (χ3n) is 7.82. The standard InChI is InChI=1S/C25H44ClN5O3/c1-5-34-23-13-20-18(12-21(23)30-24(32)7-6-10-31(2)3)25(16(14-27)15-28-20)29-17-8-9-22(33-4)19(26)11-17/h16-23,25,28-29H,5-13,15H2,1-4H3,(H,30,32). The van der Waals surface area contributed by atoms with Crippen LogP contribution in [0.1, 0.15) is 51.9 Å². The molecule has 3 N–H and O–H groups in total. The van der Waals surface area contributed by atoms with Gasteiger partial charge in [-0.3, -0.25) is 4.79 Å². The van der Waals surface area contributed by atoms with Crippen molar-refractivity contribution in [1.82, 2.24) is 20.9 Å². The molecule has 0 spiro atoms. The zero-order valence-corrected chi connectivity index (χ0v) is 22.0. The van der Waals surface area contributed by atoms with Gasteiger partial charge in [-0.25, -0.2) is 0 Å². The highest BCUT2D eigenvalue weighted by Crippen LogP contribution is 2.36. The molecule has 1 saturated heterocycles. The Morgan fingerprint density at radius 2 is 2.03 bits per heavy atom. The van der Waals surface area contributed by atoms with Gasteiger partial charge in [0.2, 0.25) is 5.91 Å². The highest BCUT2D eigenvalue weighted by atomic mass is 35.5. The fourth-order valence-electron chi connectivity index (χ4n) is 6.06. The number of piperidine rings is 1. The summed E-state index contributed by atoms with van der Waals surface area (Å²) in [5.74, 6) is 0.217. The number of alkyl halides is 1. The predicted molar refractivity (Wildman–Crippen MR) is 134 cm³/mol. The van der Waals surface area contributed by atoms with Crippen molar-refractivity contribution in [2.45, 2.75) is 93.6 Å². The summed E-state index contributed by atoms with van der Waals surface area (Å²) >= 11 is 6.59. The molecule has 3 fully saturated rings. The molecular weight excluding hydrogens is 454 g/mol. The van der Waals surface area contributed by atoms with E-state index in [0.29, 0.717) is 19.6 Å². The van der Waals surface area contributed by atoms with Gasteiger partial charge in [0.25, 0.3) is 0 Å². The Labute approximate surface area is 210 Å². The normalized spacial score (nSPS) is 38.2. The molecule has 34 heavy (non-hydrogen) atoms. The first-order valence-electron chi connectivity index (χ1n) is 13.0. The van der Waals surface area contributed by atoms with Gasteiger partial charge in [-0.15, -0.1) is 11.6 Å². The maximum Gasteiger partial charge on any atom is 0.220 e. The van der Waals surface area contributed by atoms with Crippen LogP contribution >= 0.6 is 11.6 Å². The number of nitriles is 1. The number of fused-ring (bicyclic) bond motifs is 1. The summed E-state index contributed by atoms with van der Waals surface area (Å²) in [7, 11) is 5.77. The Hall–Kier alpha value is -0.950. The molecule has 1 aliphatic heterocycles. The number of carbonyl (C=O) groups excluding carboxylic acids is 1. The SMILES string of the molecule is CCOC1CC2NCC(C#N)C(NC3CCC(OC)C(Cl)C3)C2CC1NC(=O)CCCN(C)C. The molecule has 8 nitrogen and oxygen atoms in total. The van der Waals surface area contributed by atoms with Crippen LogP contribution in [0.4, 0.5) is 0 Å². The number of carbonyl (C=O) groups is 1. The molecule has 9 atom stereocenters. The van der Waals surface area contributed by atoms with E-state index in [4.69, 9.17) is 21.1 Å². The molecule has 194 valence electrons. The Morgan fingerprint density at radius 1 is 1.24 bits per heavy atom. The number of methoxy groups -OCH3 is 1. The van der Waals surface area contributed by atoms with Crippen LogP contribution in [0.2, 0.25) is 0 Å². The third kappa shape index (κ3) is 7.28. The number of hydrogen-bond donors (Lipinski definition) is 3. The van der Waals surface area contributed by atoms with Crippen molar-refractivity contribution in [3.8, 4) is 6.07 Å². The smallest absolute Gasteiger partial charge is 0.220 e. The maximum atomic E-state index is 12.7. The second-order valence-corrected chi connectivity index (χ2v) is 11.0. The van der Waals surface area contributed by atoms with Gasteiger partial charge in [-0.2, -0.15) is 5.26 Å². The third-order valence-corrected chi connectivity index (χ3v) is 8.28. The molecule has 2 aliphatic carbocycles. The van der Waals surface area contributed by atoms with E-state index < -0.39 is 0 Å². The van der Waals surface area contributed by atoms with Crippen molar-refractivity contribution in [3.05, 3.63) is 0 Å². The van der Waals surface area contributed by atoms with E-state index in [1.54, 1.807) is 7.11 Å². The largest absolute Gasteiger partial charge is 0.380 e. The first-order chi connectivity index (χ1) is 16.4. The van der Waals surface area contributed by atoms with E-state index in [1.165, 1.54) is 0 Å². The van der Waals surface area contributed by atoms with Crippen LogP contribution in [0.5, 0.6) is 0 Å². The molecule has 3 aliphatic rings. The van der Waals surface area contributed by atoms with Crippen LogP contribution in [-0.2, 0) is 14.3 Å². The number of rotatable bonds is 10.